The average Bonchev–Trinajstić information content (AvgIpc) is 2.74. The Kier molecular flexibility index (Phi) is 5.26. The molecule has 2 N–H and O–H groups in total. The summed E-state index contributed by atoms with van der Waals surface area (Å²) in [4.78, 5) is 26.2. The molecule has 4 rings (SSSR count). The molecule has 0 aromatic heterocycles. The number of fused-ring (bicyclic) bond motifs is 1. The van der Waals surface area contributed by atoms with Crippen molar-refractivity contribution in [2.45, 2.75) is 11.4 Å². The summed E-state index contributed by atoms with van der Waals surface area (Å²) >= 11 is 1.45. The molecule has 1 heterocycles. The summed E-state index contributed by atoms with van der Waals surface area (Å²) in [5.41, 5.74) is 3.35. The Morgan fingerprint density at radius 3 is 2.43 bits per heavy atom. The summed E-state index contributed by atoms with van der Waals surface area (Å²) in [7, 11) is 0. The van der Waals surface area contributed by atoms with Gasteiger partial charge in [0.15, 0.2) is 0 Å². The number of anilines is 1. The molecule has 2 amide bonds. The standard InChI is InChI=1S/C23H18N2O2S/c26-22(24-15-17-6-2-1-3-7-17)18-12-10-16(11-13-18)14-21-23(27)25-19-8-4-5-9-20(19)28-21/h1-14H,15H2,(H,24,26)(H,25,27). The third kappa shape index (κ3) is 4.15. The second kappa shape index (κ2) is 8.15. The van der Waals surface area contributed by atoms with Crippen LogP contribution in [0.3, 0.4) is 0 Å². The van der Waals surface area contributed by atoms with E-state index >= 15 is 0 Å². The SMILES string of the molecule is O=C1Nc2ccccc2SC1=Cc1ccc(C(=O)NCc2ccccc2)cc1. The van der Waals surface area contributed by atoms with Crippen LogP contribution in [0, 0.1) is 0 Å². The summed E-state index contributed by atoms with van der Waals surface area (Å²) in [6.07, 6.45) is 1.83. The van der Waals surface area contributed by atoms with Crippen LogP contribution in [0.25, 0.3) is 6.08 Å². The highest BCUT2D eigenvalue weighted by Crippen LogP contribution is 2.38. The summed E-state index contributed by atoms with van der Waals surface area (Å²) in [5, 5.41) is 5.81. The van der Waals surface area contributed by atoms with Gasteiger partial charge in [0.1, 0.15) is 0 Å². The fourth-order valence-corrected chi connectivity index (χ4v) is 3.82. The van der Waals surface area contributed by atoms with Crippen LogP contribution < -0.4 is 10.6 Å². The van der Waals surface area contributed by atoms with Gasteiger partial charge in [-0.15, -0.1) is 0 Å². The smallest absolute Gasteiger partial charge is 0.262 e. The van der Waals surface area contributed by atoms with Crippen molar-refractivity contribution in [2.75, 3.05) is 5.32 Å². The lowest BCUT2D eigenvalue weighted by Gasteiger charge is -2.18. The summed E-state index contributed by atoms with van der Waals surface area (Å²) in [6.45, 7) is 0.488. The Balaban J connectivity index is 1.44. The first-order valence-corrected chi connectivity index (χ1v) is 9.73. The first-order chi connectivity index (χ1) is 13.7. The monoisotopic (exact) mass is 386 g/mol. The number of nitrogens with one attached hydrogen (secondary N) is 2. The molecule has 1 aliphatic rings. The number of amides is 2. The van der Waals surface area contributed by atoms with Crippen molar-refractivity contribution in [3.63, 3.8) is 0 Å². The van der Waals surface area contributed by atoms with E-state index in [1.807, 2.05) is 72.8 Å². The molecule has 0 bridgehead atoms. The lowest BCUT2D eigenvalue weighted by atomic mass is 10.1. The zero-order valence-corrected chi connectivity index (χ0v) is 15.8. The Bertz CT molecular complexity index is 1040. The van der Waals surface area contributed by atoms with Crippen molar-refractivity contribution in [1.29, 1.82) is 0 Å². The fraction of sp³-hybridized carbons (Fsp3) is 0.0435. The number of rotatable bonds is 4. The third-order valence-electron chi connectivity index (χ3n) is 4.35. The van der Waals surface area contributed by atoms with E-state index in [2.05, 4.69) is 10.6 Å². The first kappa shape index (κ1) is 18.1. The second-order valence-corrected chi connectivity index (χ2v) is 7.43. The molecule has 5 heteroatoms. The highest BCUT2D eigenvalue weighted by atomic mass is 32.2. The minimum atomic E-state index is -0.123. The van der Waals surface area contributed by atoms with Gasteiger partial charge in [-0.1, -0.05) is 66.4 Å². The quantitative estimate of drug-likeness (QED) is 0.639. The van der Waals surface area contributed by atoms with Crippen LogP contribution >= 0.6 is 11.8 Å². The third-order valence-corrected chi connectivity index (χ3v) is 5.44. The van der Waals surface area contributed by atoms with Crippen molar-refractivity contribution in [1.82, 2.24) is 5.32 Å². The van der Waals surface area contributed by atoms with Crippen molar-refractivity contribution in [3.05, 3.63) is 100 Å². The molecule has 138 valence electrons. The van der Waals surface area contributed by atoms with Gasteiger partial charge >= 0.3 is 0 Å². The minimum absolute atomic E-state index is 0.117. The normalized spacial score (nSPS) is 14.3. The Hall–Kier alpha value is -3.31. The molecular formula is C23H18N2O2S. The van der Waals surface area contributed by atoms with Crippen LogP contribution in [0.4, 0.5) is 5.69 Å². The predicted molar refractivity (Wildman–Crippen MR) is 113 cm³/mol. The molecule has 28 heavy (non-hydrogen) atoms. The molecule has 0 radical (unpaired) electrons. The predicted octanol–water partition coefficient (Wildman–Crippen LogP) is 4.70. The summed E-state index contributed by atoms with van der Waals surface area (Å²) in [6, 6.07) is 24.7. The van der Waals surface area contributed by atoms with Crippen LogP contribution in [0.1, 0.15) is 21.5 Å². The molecular weight excluding hydrogens is 368 g/mol. The molecule has 4 nitrogen and oxygen atoms in total. The Labute approximate surface area is 167 Å². The lowest BCUT2D eigenvalue weighted by Crippen LogP contribution is -2.22. The molecule has 0 saturated heterocycles. The molecule has 0 fully saturated rings. The number of benzene rings is 3. The second-order valence-electron chi connectivity index (χ2n) is 6.35. The maximum absolute atomic E-state index is 12.3. The van der Waals surface area contributed by atoms with E-state index in [9.17, 15) is 9.59 Å². The zero-order chi connectivity index (χ0) is 19.3. The Morgan fingerprint density at radius 1 is 0.929 bits per heavy atom. The van der Waals surface area contributed by atoms with Crippen LogP contribution in [0.5, 0.6) is 0 Å². The number of para-hydroxylation sites is 1. The fourth-order valence-electron chi connectivity index (χ4n) is 2.87. The number of carbonyl (C=O) groups is 2. The van der Waals surface area contributed by atoms with Crippen LogP contribution in [0.2, 0.25) is 0 Å². The molecule has 1 aliphatic heterocycles. The van der Waals surface area contributed by atoms with Crippen molar-refractivity contribution in [2.24, 2.45) is 0 Å². The summed E-state index contributed by atoms with van der Waals surface area (Å²) in [5.74, 6) is -0.241. The molecule has 0 spiro atoms. The molecule has 0 unspecified atom stereocenters. The van der Waals surface area contributed by atoms with Gasteiger partial charge in [0.2, 0.25) is 0 Å². The average molecular weight is 386 g/mol. The zero-order valence-electron chi connectivity index (χ0n) is 15.0. The Morgan fingerprint density at radius 2 is 1.64 bits per heavy atom. The summed E-state index contributed by atoms with van der Waals surface area (Å²) < 4.78 is 0. The molecule has 3 aromatic carbocycles. The van der Waals surface area contributed by atoms with E-state index in [0.29, 0.717) is 17.0 Å². The molecule has 0 aliphatic carbocycles. The highest BCUT2D eigenvalue weighted by molar-refractivity contribution is 8.04. The number of hydrogen-bond acceptors (Lipinski definition) is 3. The van der Waals surface area contributed by atoms with Gasteiger partial charge in [-0.3, -0.25) is 9.59 Å². The van der Waals surface area contributed by atoms with Crippen molar-refractivity contribution < 1.29 is 9.59 Å². The number of carbonyl (C=O) groups excluding carboxylic acids is 2. The van der Waals surface area contributed by atoms with Crippen LogP contribution in [-0.4, -0.2) is 11.8 Å². The van der Waals surface area contributed by atoms with Gasteiger partial charge in [0.05, 0.1) is 10.6 Å². The number of hydrogen-bond donors (Lipinski definition) is 2. The van der Waals surface area contributed by atoms with E-state index in [0.717, 1.165) is 21.7 Å². The van der Waals surface area contributed by atoms with E-state index in [1.54, 1.807) is 12.1 Å². The van der Waals surface area contributed by atoms with Gasteiger partial charge < -0.3 is 10.6 Å². The topological polar surface area (TPSA) is 58.2 Å². The molecule has 0 atom stereocenters. The van der Waals surface area contributed by atoms with Crippen molar-refractivity contribution in [3.8, 4) is 0 Å². The van der Waals surface area contributed by atoms with E-state index in [4.69, 9.17) is 0 Å². The molecule has 3 aromatic rings. The van der Waals surface area contributed by atoms with Crippen LogP contribution in [-0.2, 0) is 11.3 Å². The van der Waals surface area contributed by atoms with Crippen LogP contribution in [0.15, 0.2) is 88.7 Å². The van der Waals surface area contributed by atoms with Gasteiger partial charge in [0.25, 0.3) is 11.8 Å². The lowest BCUT2D eigenvalue weighted by molar-refractivity contribution is -0.112. The first-order valence-electron chi connectivity index (χ1n) is 8.91. The van der Waals surface area contributed by atoms with E-state index in [1.165, 1.54) is 11.8 Å². The maximum atomic E-state index is 12.3. The maximum Gasteiger partial charge on any atom is 0.262 e. The largest absolute Gasteiger partial charge is 0.348 e. The molecule has 0 saturated carbocycles. The van der Waals surface area contributed by atoms with Gasteiger partial charge in [-0.05, 0) is 41.5 Å². The van der Waals surface area contributed by atoms with Gasteiger partial charge in [0, 0.05) is 17.0 Å². The van der Waals surface area contributed by atoms with E-state index < -0.39 is 0 Å². The minimum Gasteiger partial charge on any atom is -0.348 e. The van der Waals surface area contributed by atoms with E-state index in [-0.39, 0.29) is 11.8 Å². The number of thioether (sulfide) groups is 1. The van der Waals surface area contributed by atoms with Crippen molar-refractivity contribution >= 4 is 35.3 Å². The van der Waals surface area contributed by atoms with Gasteiger partial charge in [-0.2, -0.15) is 0 Å². The highest BCUT2D eigenvalue weighted by Gasteiger charge is 2.20. The van der Waals surface area contributed by atoms with Gasteiger partial charge in [-0.25, -0.2) is 0 Å².